The Bertz CT molecular complexity index is 687. The molecule has 1 atom stereocenters. The van der Waals surface area contributed by atoms with Gasteiger partial charge < -0.3 is 10.4 Å². The summed E-state index contributed by atoms with van der Waals surface area (Å²) in [6.07, 6.45) is 3.33. The second-order valence-corrected chi connectivity index (χ2v) is 6.33. The number of piperidine rings is 1. The Morgan fingerprint density at radius 2 is 2.17 bits per heavy atom. The van der Waals surface area contributed by atoms with Crippen LogP contribution in [0.25, 0.3) is 5.69 Å². The van der Waals surface area contributed by atoms with E-state index >= 15 is 0 Å². The van der Waals surface area contributed by atoms with Gasteiger partial charge in [-0.2, -0.15) is 0 Å². The Morgan fingerprint density at radius 3 is 2.92 bits per heavy atom. The molecule has 0 bridgehead atoms. The van der Waals surface area contributed by atoms with Gasteiger partial charge in [-0.15, -0.1) is 5.10 Å². The van der Waals surface area contributed by atoms with Crippen molar-refractivity contribution in [2.45, 2.75) is 31.4 Å². The maximum Gasteiger partial charge on any atom is 0.222 e. The summed E-state index contributed by atoms with van der Waals surface area (Å²) in [6.45, 7) is 1.89. The van der Waals surface area contributed by atoms with E-state index in [2.05, 4.69) is 20.3 Å². The molecular weight excluding hydrogens is 306 g/mol. The lowest BCUT2D eigenvalue weighted by Gasteiger charge is -2.38. The number of nitrogens with zero attached hydrogens (tertiary/aromatic N) is 4. The topological polar surface area (TPSA) is 83.3 Å². The smallest absolute Gasteiger partial charge is 0.222 e. The molecular formula is C17H23N5O2. The predicted octanol–water partition coefficient (Wildman–Crippen LogP) is 0.730. The number of rotatable bonds is 5. The Kier molecular flexibility index (Phi) is 4.92. The van der Waals surface area contributed by atoms with Gasteiger partial charge in [0.15, 0.2) is 5.82 Å². The average Bonchev–Trinajstić information content (AvgIpc) is 3.03. The van der Waals surface area contributed by atoms with Crippen LogP contribution in [0.4, 0.5) is 0 Å². The minimum atomic E-state index is -0.972. The molecule has 2 aromatic rings. The van der Waals surface area contributed by atoms with Gasteiger partial charge in [0.2, 0.25) is 5.91 Å². The molecule has 0 spiro atoms. The number of benzene rings is 1. The van der Waals surface area contributed by atoms with Crippen molar-refractivity contribution in [1.82, 2.24) is 25.0 Å². The lowest BCUT2D eigenvalue weighted by molar-refractivity contribution is -0.128. The van der Waals surface area contributed by atoms with Crippen LogP contribution < -0.4 is 5.32 Å². The molecule has 7 nitrogen and oxygen atoms in total. The zero-order valence-corrected chi connectivity index (χ0v) is 13.9. The highest BCUT2D eigenvalue weighted by molar-refractivity contribution is 5.76. The van der Waals surface area contributed by atoms with Gasteiger partial charge >= 0.3 is 0 Å². The zero-order valence-electron chi connectivity index (χ0n) is 13.9. The van der Waals surface area contributed by atoms with Gasteiger partial charge in [0.25, 0.3) is 0 Å². The van der Waals surface area contributed by atoms with Gasteiger partial charge in [-0.25, -0.2) is 9.67 Å². The van der Waals surface area contributed by atoms with E-state index in [9.17, 15) is 9.90 Å². The molecule has 3 rings (SSSR count). The molecule has 7 heteroatoms. The van der Waals surface area contributed by atoms with E-state index in [0.29, 0.717) is 25.3 Å². The van der Waals surface area contributed by atoms with Crippen LogP contribution in [0.15, 0.2) is 36.7 Å². The van der Waals surface area contributed by atoms with Crippen LogP contribution in [-0.2, 0) is 11.3 Å². The summed E-state index contributed by atoms with van der Waals surface area (Å²) < 4.78 is 1.75. The highest BCUT2D eigenvalue weighted by Crippen LogP contribution is 2.25. The number of β-amino-alcohol motifs (C(OH)–C–C–N with tert-alkyl or cyclic N) is 1. The summed E-state index contributed by atoms with van der Waals surface area (Å²) >= 11 is 0. The fourth-order valence-electron chi connectivity index (χ4n) is 3.15. The molecule has 1 saturated heterocycles. The van der Waals surface area contributed by atoms with Gasteiger partial charge in [0.1, 0.15) is 6.33 Å². The fourth-order valence-corrected chi connectivity index (χ4v) is 3.15. The SMILES string of the molecule is CNC(=O)CC1(O)CCCN(Cc2ncn(-c3ccccc3)n2)C1. The zero-order chi connectivity index (χ0) is 17.0. The summed E-state index contributed by atoms with van der Waals surface area (Å²) in [6, 6.07) is 9.83. The number of aromatic nitrogens is 3. The van der Waals surface area contributed by atoms with Gasteiger partial charge in [-0.3, -0.25) is 9.69 Å². The Balaban J connectivity index is 1.64. The lowest BCUT2D eigenvalue weighted by Crippen LogP contribution is -2.50. The maximum absolute atomic E-state index is 11.6. The first-order valence-electron chi connectivity index (χ1n) is 8.19. The molecule has 128 valence electrons. The predicted molar refractivity (Wildman–Crippen MR) is 89.5 cm³/mol. The second-order valence-electron chi connectivity index (χ2n) is 6.33. The molecule has 0 saturated carbocycles. The first kappa shape index (κ1) is 16.6. The maximum atomic E-state index is 11.6. The first-order valence-corrected chi connectivity index (χ1v) is 8.19. The van der Waals surface area contributed by atoms with E-state index in [1.807, 2.05) is 30.3 Å². The Labute approximate surface area is 141 Å². The number of amides is 1. The molecule has 0 aliphatic carbocycles. The number of nitrogens with one attached hydrogen (secondary N) is 1. The summed E-state index contributed by atoms with van der Waals surface area (Å²) in [4.78, 5) is 18.1. The van der Waals surface area contributed by atoms with Gasteiger partial charge in [0, 0.05) is 13.6 Å². The van der Waals surface area contributed by atoms with Crippen LogP contribution in [0.3, 0.4) is 0 Å². The second kappa shape index (κ2) is 7.11. The van der Waals surface area contributed by atoms with E-state index in [1.54, 1.807) is 18.1 Å². The normalized spacial score (nSPS) is 21.6. The quantitative estimate of drug-likeness (QED) is 0.845. The molecule has 1 aromatic heterocycles. The van der Waals surface area contributed by atoms with Gasteiger partial charge in [0.05, 0.1) is 24.3 Å². The summed E-state index contributed by atoms with van der Waals surface area (Å²) in [5.41, 5.74) is -0.00798. The van der Waals surface area contributed by atoms with Crippen molar-refractivity contribution < 1.29 is 9.90 Å². The highest BCUT2D eigenvalue weighted by atomic mass is 16.3. The number of carbonyl (C=O) groups is 1. The molecule has 2 N–H and O–H groups in total. The molecule has 1 aliphatic rings. The third-order valence-corrected chi connectivity index (χ3v) is 4.33. The molecule has 1 unspecified atom stereocenters. The van der Waals surface area contributed by atoms with E-state index in [-0.39, 0.29) is 12.3 Å². The first-order chi connectivity index (χ1) is 11.6. The summed E-state index contributed by atoms with van der Waals surface area (Å²) in [7, 11) is 1.59. The number of aliphatic hydroxyl groups is 1. The van der Waals surface area contributed by atoms with Crippen LogP contribution in [0.2, 0.25) is 0 Å². The summed E-state index contributed by atoms with van der Waals surface area (Å²) in [5.74, 6) is 0.578. The van der Waals surface area contributed by atoms with Crippen LogP contribution >= 0.6 is 0 Å². The van der Waals surface area contributed by atoms with Crippen molar-refractivity contribution in [3.63, 3.8) is 0 Å². The monoisotopic (exact) mass is 329 g/mol. The molecule has 1 aliphatic heterocycles. The van der Waals surface area contributed by atoms with Crippen molar-refractivity contribution in [1.29, 1.82) is 0 Å². The number of hydrogen-bond acceptors (Lipinski definition) is 5. The molecule has 1 aromatic carbocycles. The Morgan fingerprint density at radius 1 is 1.38 bits per heavy atom. The minimum absolute atomic E-state index is 0.131. The van der Waals surface area contributed by atoms with E-state index in [0.717, 1.165) is 18.7 Å². The molecule has 1 fully saturated rings. The average molecular weight is 329 g/mol. The van der Waals surface area contributed by atoms with Gasteiger partial charge in [-0.1, -0.05) is 18.2 Å². The third-order valence-electron chi connectivity index (χ3n) is 4.33. The third kappa shape index (κ3) is 3.98. The van der Waals surface area contributed by atoms with Crippen molar-refractivity contribution in [2.75, 3.05) is 20.1 Å². The van der Waals surface area contributed by atoms with Crippen molar-refractivity contribution >= 4 is 5.91 Å². The molecule has 0 radical (unpaired) electrons. The fraction of sp³-hybridized carbons (Fsp3) is 0.471. The molecule has 2 heterocycles. The number of likely N-dealkylation sites (tertiary alicyclic amines) is 1. The van der Waals surface area contributed by atoms with Gasteiger partial charge in [-0.05, 0) is 31.5 Å². The van der Waals surface area contributed by atoms with Crippen LogP contribution in [-0.4, -0.2) is 56.4 Å². The standard InChI is InChI=1S/C17H23N5O2/c1-18-16(23)10-17(24)8-5-9-21(12-17)11-15-19-13-22(20-15)14-6-3-2-4-7-14/h2-4,6-7,13,24H,5,8-12H2,1H3,(H,18,23). The van der Waals surface area contributed by atoms with E-state index in [4.69, 9.17) is 0 Å². The number of para-hydroxylation sites is 1. The van der Waals surface area contributed by atoms with Crippen LogP contribution in [0.5, 0.6) is 0 Å². The highest BCUT2D eigenvalue weighted by Gasteiger charge is 2.35. The van der Waals surface area contributed by atoms with Crippen LogP contribution in [0, 0.1) is 0 Å². The van der Waals surface area contributed by atoms with Crippen molar-refractivity contribution in [2.24, 2.45) is 0 Å². The Hall–Kier alpha value is -2.25. The lowest BCUT2D eigenvalue weighted by atomic mass is 9.89. The number of carbonyl (C=O) groups excluding carboxylic acids is 1. The summed E-state index contributed by atoms with van der Waals surface area (Å²) in [5, 5.41) is 17.7. The van der Waals surface area contributed by atoms with Crippen LogP contribution in [0.1, 0.15) is 25.1 Å². The molecule has 24 heavy (non-hydrogen) atoms. The number of hydrogen-bond donors (Lipinski definition) is 2. The minimum Gasteiger partial charge on any atom is -0.388 e. The molecule has 1 amide bonds. The largest absolute Gasteiger partial charge is 0.388 e. The van der Waals surface area contributed by atoms with Crippen molar-refractivity contribution in [3.05, 3.63) is 42.5 Å². The van der Waals surface area contributed by atoms with E-state index < -0.39 is 5.60 Å². The van der Waals surface area contributed by atoms with E-state index in [1.165, 1.54) is 0 Å². The van der Waals surface area contributed by atoms with Crippen molar-refractivity contribution in [3.8, 4) is 5.69 Å².